The molecule has 0 amide bonds. The summed E-state index contributed by atoms with van der Waals surface area (Å²) in [7, 11) is 0. The van der Waals surface area contributed by atoms with E-state index in [-0.39, 0.29) is 21.4 Å². The zero-order valence-electron chi connectivity index (χ0n) is 29.5. The van der Waals surface area contributed by atoms with E-state index in [1.807, 2.05) is 10.3 Å². The van der Waals surface area contributed by atoms with Gasteiger partial charge in [-0.25, -0.2) is 4.98 Å². The molecule has 0 saturated heterocycles. The number of hydrogen-bond donors (Lipinski definition) is 4. The summed E-state index contributed by atoms with van der Waals surface area (Å²) in [4.78, 5) is 16.1. The highest BCUT2D eigenvalue weighted by atomic mass is 32.1. The minimum Gasteiger partial charge on any atom is -0.355 e. The molecule has 4 N–H and O–H groups in total. The van der Waals surface area contributed by atoms with Crippen molar-refractivity contribution in [2.75, 3.05) is 29.9 Å². The Morgan fingerprint density at radius 1 is 0.460 bits per heavy atom. The molecule has 63 heavy (non-hydrogen) atoms. The molecule has 0 aliphatic heterocycles. The van der Waals surface area contributed by atoms with Crippen LogP contribution in [-0.2, 0) is 0 Å². The Morgan fingerprint density at radius 2 is 0.810 bits per heavy atom. The lowest BCUT2D eigenvalue weighted by atomic mass is 9.99. The summed E-state index contributed by atoms with van der Waals surface area (Å²) in [6.45, 7) is -3.76. The molecule has 0 atom stereocenters. The van der Waals surface area contributed by atoms with Crippen LogP contribution in [0, 0.1) is 21.2 Å². The van der Waals surface area contributed by atoms with E-state index in [1.165, 1.54) is 6.92 Å². The molecule has 0 bridgehead atoms. The average Bonchev–Trinajstić information content (AvgIpc) is 3.05. The second kappa shape index (κ2) is 18.3. The summed E-state index contributed by atoms with van der Waals surface area (Å²) in [5.74, 6) is -62.2. The number of aryl methyl sites for hydroxylation is 1. The number of aromatic nitrogens is 6. The van der Waals surface area contributed by atoms with E-state index in [9.17, 15) is 119 Å². The number of nitrogens with zero attached hydrogens (tertiary/aromatic N) is 4. The first-order chi connectivity index (χ1) is 27.6. The van der Waals surface area contributed by atoms with Gasteiger partial charge in [-0.2, -0.15) is 129 Å². The van der Waals surface area contributed by atoms with Crippen LogP contribution in [-0.4, -0.2) is 121 Å². The molecule has 0 spiro atoms. The summed E-state index contributed by atoms with van der Waals surface area (Å²) in [6, 6.07) is 0. The monoisotopic (exact) mass is 1040 g/mol. The van der Waals surface area contributed by atoms with Crippen molar-refractivity contribution in [1.82, 2.24) is 29.9 Å². The Hall–Kier alpha value is -3.61. The molecule has 0 aliphatic rings. The molecule has 0 radical (unpaired) electrons. The second-order valence-electron chi connectivity index (χ2n) is 12.1. The van der Waals surface area contributed by atoms with Gasteiger partial charge >= 0.3 is 71.8 Å². The third-order valence-corrected chi connectivity index (χ3v) is 8.05. The Labute approximate surface area is 345 Å². The van der Waals surface area contributed by atoms with Crippen LogP contribution < -0.4 is 10.2 Å². The largest absolute Gasteiger partial charge is 0.460 e. The van der Waals surface area contributed by atoms with Gasteiger partial charge in [-0.1, -0.05) is 0 Å². The number of alkyl halides is 27. The fourth-order valence-electron chi connectivity index (χ4n) is 4.01. The lowest BCUT2D eigenvalue weighted by molar-refractivity contribution is -0.396. The minimum atomic E-state index is -7.36. The number of aromatic amines is 3. The Bertz CT molecular complexity index is 1950. The fourth-order valence-corrected chi connectivity index (χ4v) is 4.68. The predicted octanol–water partition coefficient (Wildman–Crippen LogP) is 11.8. The second-order valence-corrected chi connectivity index (χ2v) is 13.3. The maximum Gasteiger partial charge on any atom is 0.460 e. The summed E-state index contributed by atoms with van der Waals surface area (Å²) in [5.41, 5.74) is 0. The zero-order chi connectivity index (χ0) is 50.2. The minimum absolute atomic E-state index is 0.179. The van der Waals surface area contributed by atoms with Crippen molar-refractivity contribution in [3.05, 3.63) is 20.1 Å². The molecule has 38 heteroatoms. The van der Waals surface area contributed by atoms with Crippen LogP contribution in [0.15, 0.2) is 0 Å². The predicted molar refractivity (Wildman–Crippen MR) is 164 cm³/mol. The fraction of sp³-hybridized carbons (Fsp3) is 0.760. The van der Waals surface area contributed by atoms with Crippen LogP contribution in [0.25, 0.3) is 0 Å². The van der Waals surface area contributed by atoms with Gasteiger partial charge in [0.05, 0.1) is 0 Å². The van der Waals surface area contributed by atoms with Crippen LogP contribution in [0.2, 0.25) is 0 Å². The third-order valence-electron chi connectivity index (χ3n) is 7.47. The average molecular weight is 1040 g/mol. The van der Waals surface area contributed by atoms with Crippen LogP contribution in [0.5, 0.6) is 0 Å². The maximum atomic E-state index is 13.9. The number of halogens is 27. The molecule has 0 aliphatic carbocycles. The van der Waals surface area contributed by atoms with Crippen molar-refractivity contribution in [3.8, 4) is 0 Å². The van der Waals surface area contributed by atoms with Crippen molar-refractivity contribution < 1.29 is 119 Å². The first-order valence-corrected chi connectivity index (χ1v) is 16.6. The van der Waals surface area contributed by atoms with Gasteiger partial charge in [0.25, 0.3) is 0 Å². The molecule has 366 valence electrons. The van der Waals surface area contributed by atoms with E-state index < -0.39 is 126 Å². The van der Waals surface area contributed by atoms with Crippen molar-refractivity contribution in [3.63, 3.8) is 0 Å². The van der Waals surface area contributed by atoms with Gasteiger partial charge in [-0.15, -0.1) is 0 Å². The SMILES string of the molecule is Cc1nc(=S)nc(NCCC(F)(F)C(F)(F)C(F)(F)C(F)(F)F)[nH]1.FC(F)(F)C(F)(F)C(F)(F)C(F)(F)CCN(CCC(F)(F)C(F)(F)C(F)(F)C(F)(F)F)c1nc(=S)[nH]c(=S)[nH]1. The number of nitrogens with one attached hydrogen (secondary N) is 4. The smallest absolute Gasteiger partial charge is 0.355 e. The first kappa shape index (κ1) is 57.4. The molecule has 0 unspecified atom stereocenters. The van der Waals surface area contributed by atoms with E-state index >= 15 is 0 Å². The molecule has 0 fully saturated rings. The molecular weight excluding hydrogens is 1020 g/mol. The highest BCUT2D eigenvalue weighted by molar-refractivity contribution is 7.72. The normalized spacial score (nSPS) is 14.6. The molecule has 2 aromatic rings. The molecule has 8 nitrogen and oxygen atoms in total. The summed E-state index contributed by atoms with van der Waals surface area (Å²) in [6.07, 6.45) is -28.9. The van der Waals surface area contributed by atoms with E-state index in [2.05, 4.69) is 56.6 Å². The van der Waals surface area contributed by atoms with Crippen LogP contribution in [0.4, 0.5) is 130 Å². The van der Waals surface area contributed by atoms with Gasteiger partial charge in [0.2, 0.25) is 21.4 Å². The molecular formula is C25H19F27N8S3. The lowest BCUT2D eigenvalue weighted by Gasteiger charge is -2.36. The summed E-state index contributed by atoms with van der Waals surface area (Å²) in [5, 5.41) is 2.03. The van der Waals surface area contributed by atoms with Crippen molar-refractivity contribution in [2.24, 2.45) is 0 Å². The first-order valence-electron chi connectivity index (χ1n) is 15.3. The van der Waals surface area contributed by atoms with Crippen molar-refractivity contribution in [2.45, 2.75) is 98.0 Å². The standard InChI is InChI=1S/C15H10F18N4S2.C10H9F9N4S/c16-8(17,10(20,21)12(24,25)14(28,29)30)1-3-37(5-34-6(38)36-7(39)35-5)4-2-9(18,19)11(22,23)13(26,27)15(31,32)33;1-4-21-5(23-6(24)22-4)20-3-2-7(11,12)8(13,14)9(15,16)10(17,18)19/h1-4H2,(H2,34,35,36,38,39);2-3H2,1H3,(H2,20,21,22,23,24). The van der Waals surface area contributed by atoms with E-state index in [0.29, 0.717) is 0 Å². The maximum absolute atomic E-state index is 13.9. The van der Waals surface area contributed by atoms with E-state index in [1.54, 1.807) is 4.98 Å². The number of rotatable bonds is 17. The number of hydrogen-bond acceptors (Lipinski definition) is 8. The van der Waals surface area contributed by atoms with Crippen LogP contribution in [0.3, 0.4) is 0 Å². The molecule has 0 aromatic carbocycles. The van der Waals surface area contributed by atoms with Gasteiger partial charge in [0, 0.05) is 38.9 Å². The van der Waals surface area contributed by atoms with Crippen LogP contribution in [0.1, 0.15) is 25.1 Å². The molecule has 2 aromatic heterocycles. The Morgan fingerprint density at radius 3 is 1.13 bits per heavy atom. The van der Waals surface area contributed by atoms with Gasteiger partial charge in [0.1, 0.15) is 5.82 Å². The van der Waals surface area contributed by atoms with Crippen molar-refractivity contribution >= 4 is 48.6 Å². The summed E-state index contributed by atoms with van der Waals surface area (Å²) < 4.78 is 347. The van der Waals surface area contributed by atoms with Gasteiger partial charge in [-0.05, 0) is 43.6 Å². The molecule has 0 saturated carbocycles. The van der Waals surface area contributed by atoms with Gasteiger partial charge in [-0.3, -0.25) is 0 Å². The topological polar surface area (TPSA) is 101 Å². The quantitative estimate of drug-likeness (QED) is 0.0918. The number of anilines is 2. The molecule has 2 rings (SSSR count). The van der Waals surface area contributed by atoms with E-state index in [4.69, 9.17) is 0 Å². The lowest BCUT2D eigenvalue weighted by Crippen LogP contribution is -2.62. The van der Waals surface area contributed by atoms with Crippen LogP contribution >= 0.6 is 36.7 Å². The Balaban J connectivity index is 0.000000706. The van der Waals surface area contributed by atoms with Crippen molar-refractivity contribution in [1.29, 1.82) is 0 Å². The summed E-state index contributed by atoms with van der Waals surface area (Å²) >= 11 is 13.5. The Kier molecular flexibility index (Phi) is 16.7. The highest BCUT2D eigenvalue weighted by Gasteiger charge is 2.83. The van der Waals surface area contributed by atoms with Gasteiger partial charge < -0.3 is 25.2 Å². The van der Waals surface area contributed by atoms with Gasteiger partial charge in [0.15, 0.2) is 4.77 Å². The van der Waals surface area contributed by atoms with E-state index in [0.717, 1.165) is 0 Å². The highest BCUT2D eigenvalue weighted by Crippen LogP contribution is 2.56. The zero-order valence-corrected chi connectivity index (χ0v) is 31.9. The molecule has 2 heterocycles. The third kappa shape index (κ3) is 12.0. The number of H-pyrrole nitrogens is 3.